The smallest absolute Gasteiger partial charge is 0.127 e. The molecule has 94 valence electrons. The zero-order chi connectivity index (χ0) is 13.0. The van der Waals surface area contributed by atoms with E-state index in [0.29, 0.717) is 6.54 Å². The Morgan fingerprint density at radius 1 is 1.06 bits per heavy atom. The Morgan fingerprint density at radius 2 is 1.83 bits per heavy atom. The molecule has 0 atom stereocenters. The van der Waals surface area contributed by atoms with E-state index < -0.39 is 0 Å². The first-order chi connectivity index (χ1) is 8.70. The minimum atomic E-state index is 0.170. The fourth-order valence-electron chi connectivity index (χ4n) is 1.93. The topological polar surface area (TPSA) is 35.2 Å². The predicted molar refractivity (Wildman–Crippen MR) is 75.5 cm³/mol. The summed E-state index contributed by atoms with van der Waals surface area (Å²) in [6, 6.07) is 16.4. The van der Waals surface area contributed by atoms with Gasteiger partial charge in [0.15, 0.2) is 0 Å². The maximum Gasteiger partial charge on any atom is 0.127 e. The van der Waals surface area contributed by atoms with E-state index in [0.717, 1.165) is 22.4 Å². The van der Waals surface area contributed by atoms with Crippen LogP contribution in [0.3, 0.4) is 0 Å². The molecule has 2 nitrogen and oxygen atoms in total. The quantitative estimate of drug-likeness (QED) is 0.887. The van der Waals surface area contributed by atoms with Crippen LogP contribution in [0.4, 0.5) is 0 Å². The number of hydrogen-bond donors (Lipinski definition) is 1. The number of nitrogens with two attached hydrogens (primary N) is 1. The van der Waals surface area contributed by atoms with Crippen molar-refractivity contribution in [1.82, 2.24) is 0 Å². The highest BCUT2D eigenvalue weighted by molar-refractivity contribution is 5.70. The molecule has 0 aliphatic rings. The van der Waals surface area contributed by atoms with Crippen molar-refractivity contribution >= 4 is 0 Å². The summed E-state index contributed by atoms with van der Waals surface area (Å²) in [5, 5.41) is 0. The lowest BCUT2D eigenvalue weighted by Crippen LogP contribution is -2.06. The molecule has 2 heteroatoms. The zero-order valence-corrected chi connectivity index (χ0v) is 10.9. The molecule has 0 aliphatic heterocycles. The Labute approximate surface area is 108 Å². The van der Waals surface area contributed by atoms with Crippen molar-refractivity contribution in [1.29, 1.82) is 0 Å². The summed E-state index contributed by atoms with van der Waals surface area (Å²) in [4.78, 5) is 0. The third-order valence-corrected chi connectivity index (χ3v) is 2.72. The monoisotopic (exact) mass is 241 g/mol. The first-order valence-corrected chi connectivity index (χ1v) is 6.26. The molecule has 0 fully saturated rings. The lowest BCUT2D eigenvalue weighted by atomic mass is 10.0. The van der Waals surface area contributed by atoms with Gasteiger partial charge < -0.3 is 10.5 Å². The second-order valence-corrected chi connectivity index (χ2v) is 4.57. The standard InChI is InChI=1S/C16H19NO/c1-12(2)18-16-9-4-3-8-15(16)14-7-5-6-13(10-14)11-17/h3-10,12H,11,17H2,1-2H3. The molecule has 2 rings (SSSR count). The first kappa shape index (κ1) is 12.7. The number of hydrogen-bond acceptors (Lipinski definition) is 2. The second kappa shape index (κ2) is 5.69. The molecule has 0 aromatic heterocycles. The molecular weight excluding hydrogens is 222 g/mol. The highest BCUT2D eigenvalue weighted by Gasteiger charge is 2.07. The van der Waals surface area contributed by atoms with E-state index in [-0.39, 0.29) is 6.10 Å². The summed E-state index contributed by atoms with van der Waals surface area (Å²) >= 11 is 0. The molecular formula is C16H19NO. The Bertz CT molecular complexity index is 520. The van der Waals surface area contributed by atoms with E-state index in [1.807, 2.05) is 44.2 Å². The summed E-state index contributed by atoms with van der Waals surface area (Å²) in [6.45, 7) is 4.63. The molecule has 0 saturated heterocycles. The fraction of sp³-hybridized carbons (Fsp3) is 0.250. The highest BCUT2D eigenvalue weighted by atomic mass is 16.5. The molecule has 0 spiro atoms. The molecule has 0 amide bonds. The van der Waals surface area contributed by atoms with Crippen LogP contribution < -0.4 is 10.5 Å². The lowest BCUT2D eigenvalue weighted by Gasteiger charge is -2.14. The van der Waals surface area contributed by atoms with E-state index in [1.54, 1.807) is 0 Å². The lowest BCUT2D eigenvalue weighted by molar-refractivity contribution is 0.243. The van der Waals surface area contributed by atoms with Gasteiger partial charge in [-0.15, -0.1) is 0 Å². The summed E-state index contributed by atoms with van der Waals surface area (Å²) in [6.07, 6.45) is 0.170. The van der Waals surface area contributed by atoms with Crippen LogP contribution in [-0.4, -0.2) is 6.10 Å². The van der Waals surface area contributed by atoms with Gasteiger partial charge in [0.25, 0.3) is 0 Å². The molecule has 18 heavy (non-hydrogen) atoms. The molecule has 0 saturated carbocycles. The molecule has 0 aliphatic carbocycles. The predicted octanol–water partition coefficient (Wildman–Crippen LogP) is 3.60. The van der Waals surface area contributed by atoms with Gasteiger partial charge in [-0.25, -0.2) is 0 Å². The Balaban J connectivity index is 2.42. The number of benzene rings is 2. The van der Waals surface area contributed by atoms with Crippen molar-refractivity contribution in [3.05, 3.63) is 54.1 Å². The summed E-state index contributed by atoms with van der Waals surface area (Å²) in [5.41, 5.74) is 9.08. The van der Waals surface area contributed by atoms with E-state index in [1.165, 1.54) is 0 Å². The van der Waals surface area contributed by atoms with E-state index in [9.17, 15) is 0 Å². The number of rotatable bonds is 4. The van der Waals surface area contributed by atoms with E-state index in [4.69, 9.17) is 10.5 Å². The maximum atomic E-state index is 5.84. The third kappa shape index (κ3) is 2.90. The van der Waals surface area contributed by atoms with Crippen LogP contribution in [0.15, 0.2) is 48.5 Å². The Hall–Kier alpha value is -1.80. The van der Waals surface area contributed by atoms with Crippen molar-refractivity contribution in [2.75, 3.05) is 0 Å². The van der Waals surface area contributed by atoms with E-state index >= 15 is 0 Å². The van der Waals surface area contributed by atoms with Gasteiger partial charge in [-0.2, -0.15) is 0 Å². The van der Waals surface area contributed by atoms with Crippen LogP contribution >= 0.6 is 0 Å². The van der Waals surface area contributed by atoms with Gasteiger partial charge in [0, 0.05) is 12.1 Å². The van der Waals surface area contributed by atoms with Gasteiger partial charge in [0.1, 0.15) is 5.75 Å². The van der Waals surface area contributed by atoms with Crippen molar-refractivity contribution in [2.24, 2.45) is 5.73 Å². The Kier molecular flexibility index (Phi) is 4.00. The molecule has 0 unspecified atom stereocenters. The highest BCUT2D eigenvalue weighted by Crippen LogP contribution is 2.30. The fourth-order valence-corrected chi connectivity index (χ4v) is 1.93. The molecule has 0 radical (unpaired) electrons. The largest absolute Gasteiger partial charge is 0.490 e. The van der Waals surface area contributed by atoms with Gasteiger partial charge in [0.2, 0.25) is 0 Å². The average molecular weight is 241 g/mol. The zero-order valence-electron chi connectivity index (χ0n) is 10.9. The van der Waals surface area contributed by atoms with Gasteiger partial charge in [-0.3, -0.25) is 0 Å². The number of para-hydroxylation sites is 1. The van der Waals surface area contributed by atoms with Crippen LogP contribution in [0.2, 0.25) is 0 Å². The Morgan fingerprint density at radius 3 is 2.56 bits per heavy atom. The molecule has 2 aromatic rings. The summed E-state index contributed by atoms with van der Waals surface area (Å²) < 4.78 is 5.84. The second-order valence-electron chi connectivity index (χ2n) is 4.57. The first-order valence-electron chi connectivity index (χ1n) is 6.26. The van der Waals surface area contributed by atoms with Crippen LogP contribution in [0, 0.1) is 0 Å². The van der Waals surface area contributed by atoms with Crippen molar-refractivity contribution in [3.63, 3.8) is 0 Å². The minimum absolute atomic E-state index is 0.170. The third-order valence-electron chi connectivity index (χ3n) is 2.72. The van der Waals surface area contributed by atoms with Gasteiger partial charge in [-0.1, -0.05) is 36.4 Å². The SMILES string of the molecule is CC(C)Oc1ccccc1-c1cccc(CN)c1. The molecule has 2 N–H and O–H groups in total. The van der Waals surface area contributed by atoms with E-state index in [2.05, 4.69) is 18.2 Å². The average Bonchev–Trinajstić information content (AvgIpc) is 2.39. The van der Waals surface area contributed by atoms with Crippen LogP contribution in [0.1, 0.15) is 19.4 Å². The summed E-state index contributed by atoms with van der Waals surface area (Å²) in [7, 11) is 0. The minimum Gasteiger partial charge on any atom is -0.490 e. The van der Waals surface area contributed by atoms with Crippen LogP contribution in [-0.2, 0) is 6.54 Å². The van der Waals surface area contributed by atoms with Crippen molar-refractivity contribution in [3.8, 4) is 16.9 Å². The van der Waals surface area contributed by atoms with Crippen molar-refractivity contribution in [2.45, 2.75) is 26.5 Å². The van der Waals surface area contributed by atoms with Crippen LogP contribution in [0.5, 0.6) is 5.75 Å². The number of ether oxygens (including phenoxy) is 1. The maximum absolute atomic E-state index is 5.84. The normalized spacial score (nSPS) is 10.7. The molecule has 0 heterocycles. The van der Waals surface area contributed by atoms with Crippen LogP contribution in [0.25, 0.3) is 11.1 Å². The van der Waals surface area contributed by atoms with Crippen molar-refractivity contribution < 1.29 is 4.74 Å². The van der Waals surface area contributed by atoms with Gasteiger partial charge in [0.05, 0.1) is 6.10 Å². The van der Waals surface area contributed by atoms with Gasteiger partial charge in [-0.05, 0) is 37.1 Å². The summed E-state index contributed by atoms with van der Waals surface area (Å²) in [5.74, 6) is 0.918. The molecule has 0 bridgehead atoms. The molecule has 2 aromatic carbocycles. The van der Waals surface area contributed by atoms with Gasteiger partial charge >= 0.3 is 0 Å².